The second kappa shape index (κ2) is 5.65. The summed E-state index contributed by atoms with van der Waals surface area (Å²) in [6.07, 6.45) is 0.0153. The predicted molar refractivity (Wildman–Crippen MR) is 67.0 cm³/mol. The van der Waals surface area contributed by atoms with Crippen LogP contribution in [0.2, 0.25) is 0 Å². The summed E-state index contributed by atoms with van der Waals surface area (Å²) >= 11 is 0. The maximum absolute atomic E-state index is 12.9. The number of carbonyl (C=O) groups is 1. The summed E-state index contributed by atoms with van der Waals surface area (Å²) in [5.74, 6) is 0.194. The van der Waals surface area contributed by atoms with Crippen LogP contribution >= 0.6 is 0 Å². The number of aromatic nitrogens is 1. The maximum Gasteiger partial charge on any atom is 0.313 e. The summed E-state index contributed by atoms with van der Waals surface area (Å²) in [4.78, 5) is 15.7. The van der Waals surface area contributed by atoms with Gasteiger partial charge in [0.2, 0.25) is 0 Å². The summed E-state index contributed by atoms with van der Waals surface area (Å²) in [5.41, 5.74) is 1.25. The highest BCUT2D eigenvalue weighted by atomic mass is 19.1. The zero-order valence-corrected chi connectivity index (χ0v) is 10.8. The third-order valence-electron chi connectivity index (χ3n) is 2.53. The van der Waals surface area contributed by atoms with Gasteiger partial charge in [0.15, 0.2) is 5.89 Å². The number of esters is 1. The Morgan fingerprint density at radius 3 is 2.68 bits per heavy atom. The molecule has 1 aromatic heterocycles. The van der Waals surface area contributed by atoms with Crippen molar-refractivity contribution in [2.45, 2.75) is 20.3 Å². The monoisotopic (exact) mass is 263 g/mol. The molecule has 0 aliphatic carbocycles. The predicted octanol–water partition coefficient (Wildman–Crippen LogP) is 2.89. The Morgan fingerprint density at radius 1 is 1.37 bits per heavy atom. The van der Waals surface area contributed by atoms with Crippen molar-refractivity contribution in [1.82, 2.24) is 4.98 Å². The molecule has 4 nitrogen and oxygen atoms in total. The van der Waals surface area contributed by atoms with E-state index in [1.165, 1.54) is 12.1 Å². The standard InChI is InChI=1S/C14H14FNO3/c1-3-18-13(17)8-12-14(16-9(2)19-12)10-4-6-11(15)7-5-10/h4-7H,3,8H2,1-2H3. The first kappa shape index (κ1) is 13.3. The van der Waals surface area contributed by atoms with Crippen molar-refractivity contribution < 1.29 is 18.3 Å². The van der Waals surface area contributed by atoms with Crippen LogP contribution in [0.3, 0.4) is 0 Å². The van der Waals surface area contributed by atoms with Gasteiger partial charge in [-0.05, 0) is 31.2 Å². The second-order valence-corrected chi connectivity index (χ2v) is 3.99. The van der Waals surface area contributed by atoms with E-state index in [-0.39, 0.29) is 18.2 Å². The Hall–Kier alpha value is -2.17. The molecule has 0 fully saturated rings. The van der Waals surface area contributed by atoms with Crippen molar-refractivity contribution >= 4 is 5.97 Å². The Bertz CT molecular complexity index is 575. The van der Waals surface area contributed by atoms with Crippen LogP contribution < -0.4 is 0 Å². The van der Waals surface area contributed by atoms with Gasteiger partial charge in [0.25, 0.3) is 0 Å². The van der Waals surface area contributed by atoms with Crippen LogP contribution in [-0.2, 0) is 16.0 Å². The third-order valence-corrected chi connectivity index (χ3v) is 2.53. The van der Waals surface area contributed by atoms with E-state index in [9.17, 15) is 9.18 Å². The summed E-state index contributed by atoms with van der Waals surface area (Å²) < 4.78 is 23.2. The molecule has 0 amide bonds. The van der Waals surface area contributed by atoms with E-state index in [2.05, 4.69) is 4.98 Å². The van der Waals surface area contributed by atoms with E-state index in [4.69, 9.17) is 9.15 Å². The Balaban J connectivity index is 2.30. The number of aryl methyl sites for hydroxylation is 1. The first-order valence-electron chi connectivity index (χ1n) is 5.98. The molecule has 0 N–H and O–H groups in total. The summed E-state index contributed by atoms with van der Waals surface area (Å²) in [7, 11) is 0. The molecular formula is C14H14FNO3. The zero-order valence-electron chi connectivity index (χ0n) is 10.8. The molecule has 0 saturated carbocycles. The largest absolute Gasteiger partial charge is 0.466 e. The van der Waals surface area contributed by atoms with E-state index in [0.717, 1.165) is 0 Å². The second-order valence-electron chi connectivity index (χ2n) is 3.99. The lowest BCUT2D eigenvalue weighted by Gasteiger charge is -2.02. The maximum atomic E-state index is 12.9. The van der Waals surface area contributed by atoms with Crippen molar-refractivity contribution in [3.05, 3.63) is 41.7 Å². The van der Waals surface area contributed by atoms with E-state index in [1.54, 1.807) is 26.0 Å². The van der Waals surface area contributed by atoms with Crippen molar-refractivity contribution in [2.24, 2.45) is 0 Å². The van der Waals surface area contributed by atoms with Crippen LogP contribution in [-0.4, -0.2) is 17.6 Å². The van der Waals surface area contributed by atoms with Gasteiger partial charge in [0.05, 0.1) is 6.61 Å². The molecule has 0 aliphatic heterocycles. The first-order valence-corrected chi connectivity index (χ1v) is 5.98. The normalized spacial score (nSPS) is 10.5. The summed E-state index contributed by atoms with van der Waals surface area (Å²) in [6.45, 7) is 3.75. The lowest BCUT2D eigenvalue weighted by molar-refractivity contribution is -0.142. The molecule has 2 aromatic rings. The Morgan fingerprint density at radius 2 is 2.05 bits per heavy atom. The number of oxazole rings is 1. The molecule has 0 unspecified atom stereocenters. The number of carbonyl (C=O) groups excluding carboxylic acids is 1. The number of ether oxygens (including phenoxy) is 1. The van der Waals surface area contributed by atoms with Crippen LogP contribution in [0.5, 0.6) is 0 Å². The minimum atomic E-state index is -0.373. The highest BCUT2D eigenvalue weighted by Gasteiger charge is 2.17. The van der Waals surface area contributed by atoms with E-state index in [0.29, 0.717) is 29.5 Å². The third kappa shape index (κ3) is 3.19. The average molecular weight is 263 g/mol. The smallest absolute Gasteiger partial charge is 0.313 e. The molecule has 0 radical (unpaired) electrons. The molecule has 0 spiro atoms. The minimum Gasteiger partial charge on any atom is -0.466 e. The number of benzene rings is 1. The van der Waals surface area contributed by atoms with Gasteiger partial charge in [-0.25, -0.2) is 9.37 Å². The SMILES string of the molecule is CCOC(=O)Cc1oc(C)nc1-c1ccc(F)cc1. The number of nitrogens with zero attached hydrogens (tertiary/aromatic N) is 1. The Labute approximate surface area is 110 Å². The lowest BCUT2D eigenvalue weighted by Crippen LogP contribution is -2.07. The fourth-order valence-corrected chi connectivity index (χ4v) is 1.77. The summed E-state index contributed by atoms with van der Waals surface area (Å²) in [5, 5.41) is 0. The molecule has 1 aromatic carbocycles. The van der Waals surface area contributed by atoms with Crippen LogP contribution in [0, 0.1) is 12.7 Å². The van der Waals surface area contributed by atoms with Gasteiger partial charge >= 0.3 is 5.97 Å². The van der Waals surface area contributed by atoms with Crippen molar-refractivity contribution in [1.29, 1.82) is 0 Å². The zero-order chi connectivity index (χ0) is 13.8. The van der Waals surface area contributed by atoms with E-state index >= 15 is 0 Å². The van der Waals surface area contributed by atoms with E-state index < -0.39 is 0 Å². The van der Waals surface area contributed by atoms with Crippen molar-refractivity contribution in [3.63, 3.8) is 0 Å². The molecule has 5 heteroatoms. The molecule has 19 heavy (non-hydrogen) atoms. The molecule has 0 bridgehead atoms. The molecule has 2 rings (SSSR count). The molecule has 0 aliphatic rings. The van der Waals surface area contributed by atoms with Gasteiger partial charge in [-0.15, -0.1) is 0 Å². The van der Waals surface area contributed by atoms with Crippen molar-refractivity contribution in [3.8, 4) is 11.3 Å². The van der Waals surface area contributed by atoms with Crippen LogP contribution in [0.15, 0.2) is 28.7 Å². The molecule has 0 saturated heterocycles. The van der Waals surface area contributed by atoms with Gasteiger partial charge in [-0.3, -0.25) is 4.79 Å². The number of rotatable bonds is 4. The summed E-state index contributed by atoms with van der Waals surface area (Å²) in [6, 6.07) is 5.88. The Kier molecular flexibility index (Phi) is 3.94. The van der Waals surface area contributed by atoms with Crippen molar-refractivity contribution in [2.75, 3.05) is 6.61 Å². The van der Waals surface area contributed by atoms with Crippen LogP contribution in [0.25, 0.3) is 11.3 Å². The molecule has 1 heterocycles. The minimum absolute atomic E-state index is 0.0153. The fourth-order valence-electron chi connectivity index (χ4n) is 1.77. The molecule has 0 atom stereocenters. The van der Waals surface area contributed by atoms with Gasteiger partial charge in [-0.1, -0.05) is 0 Å². The van der Waals surface area contributed by atoms with Gasteiger partial charge in [0.1, 0.15) is 23.7 Å². The van der Waals surface area contributed by atoms with E-state index in [1.807, 2.05) is 0 Å². The fraction of sp³-hybridized carbons (Fsp3) is 0.286. The molecule has 100 valence electrons. The first-order chi connectivity index (χ1) is 9.10. The number of hydrogen-bond donors (Lipinski definition) is 0. The lowest BCUT2D eigenvalue weighted by atomic mass is 10.1. The number of hydrogen-bond acceptors (Lipinski definition) is 4. The quantitative estimate of drug-likeness (QED) is 0.796. The highest BCUT2D eigenvalue weighted by Crippen LogP contribution is 2.24. The number of halogens is 1. The van der Waals surface area contributed by atoms with Crippen LogP contribution in [0.1, 0.15) is 18.6 Å². The highest BCUT2D eigenvalue weighted by molar-refractivity contribution is 5.75. The average Bonchev–Trinajstić information content (AvgIpc) is 2.71. The molecular weight excluding hydrogens is 249 g/mol. The van der Waals surface area contributed by atoms with Crippen LogP contribution in [0.4, 0.5) is 4.39 Å². The van der Waals surface area contributed by atoms with Gasteiger partial charge < -0.3 is 9.15 Å². The topological polar surface area (TPSA) is 52.3 Å². The van der Waals surface area contributed by atoms with Gasteiger partial charge in [-0.2, -0.15) is 0 Å². The van der Waals surface area contributed by atoms with Gasteiger partial charge in [0, 0.05) is 12.5 Å².